The first-order valence-corrected chi connectivity index (χ1v) is 6.37. The Bertz CT molecular complexity index is 326. The van der Waals surface area contributed by atoms with Gasteiger partial charge in [-0.3, -0.25) is 4.90 Å². The van der Waals surface area contributed by atoms with Crippen LogP contribution in [0.5, 0.6) is 0 Å². The van der Waals surface area contributed by atoms with Crippen LogP contribution in [0.3, 0.4) is 0 Å². The fourth-order valence-corrected chi connectivity index (χ4v) is 2.50. The monoisotopic (exact) mass is 238 g/mol. The number of rotatable bonds is 4. The third-order valence-corrected chi connectivity index (χ3v) is 3.48. The van der Waals surface area contributed by atoms with E-state index >= 15 is 0 Å². The van der Waals surface area contributed by atoms with Gasteiger partial charge in [0.25, 0.3) is 0 Å². The first kappa shape index (κ1) is 12.6. The highest BCUT2D eigenvalue weighted by atomic mass is 16.5. The fourth-order valence-electron chi connectivity index (χ4n) is 2.50. The summed E-state index contributed by atoms with van der Waals surface area (Å²) in [5, 5.41) is 0. The molecule has 4 heteroatoms. The molecule has 1 saturated heterocycles. The van der Waals surface area contributed by atoms with Crippen LogP contribution in [0.25, 0.3) is 0 Å². The van der Waals surface area contributed by atoms with Crippen molar-refractivity contribution in [3.8, 4) is 0 Å². The second kappa shape index (κ2) is 5.67. The van der Waals surface area contributed by atoms with Crippen LogP contribution in [-0.4, -0.2) is 36.7 Å². The van der Waals surface area contributed by atoms with Crippen LogP contribution in [0.4, 0.5) is 0 Å². The van der Waals surface area contributed by atoms with Gasteiger partial charge in [-0.25, -0.2) is 0 Å². The number of morpholine rings is 1. The van der Waals surface area contributed by atoms with E-state index < -0.39 is 0 Å². The molecule has 0 amide bonds. The molecule has 17 heavy (non-hydrogen) atoms. The maximum absolute atomic E-state index is 5.91. The smallest absolute Gasteiger partial charge is 0.122 e. The SMILES string of the molecule is CCC1COC(C)CN1C(CN)c1ccco1. The molecule has 2 heterocycles. The minimum Gasteiger partial charge on any atom is -0.468 e. The summed E-state index contributed by atoms with van der Waals surface area (Å²) >= 11 is 0. The molecular formula is C13H22N2O2. The highest BCUT2D eigenvalue weighted by Gasteiger charge is 2.32. The van der Waals surface area contributed by atoms with E-state index in [1.54, 1.807) is 6.26 Å². The van der Waals surface area contributed by atoms with E-state index in [0.29, 0.717) is 12.6 Å². The highest BCUT2D eigenvalue weighted by Crippen LogP contribution is 2.27. The van der Waals surface area contributed by atoms with Crippen LogP contribution in [0.15, 0.2) is 22.8 Å². The van der Waals surface area contributed by atoms with Crippen LogP contribution >= 0.6 is 0 Å². The molecule has 0 radical (unpaired) electrons. The molecule has 2 N–H and O–H groups in total. The predicted molar refractivity (Wildman–Crippen MR) is 66.7 cm³/mol. The zero-order chi connectivity index (χ0) is 12.3. The summed E-state index contributed by atoms with van der Waals surface area (Å²) in [6, 6.07) is 4.53. The molecule has 3 atom stereocenters. The lowest BCUT2D eigenvalue weighted by Gasteiger charge is -2.42. The molecule has 4 nitrogen and oxygen atoms in total. The molecular weight excluding hydrogens is 216 g/mol. The van der Waals surface area contributed by atoms with Gasteiger partial charge >= 0.3 is 0 Å². The van der Waals surface area contributed by atoms with Crippen molar-refractivity contribution in [2.45, 2.75) is 38.5 Å². The topological polar surface area (TPSA) is 51.6 Å². The number of furan rings is 1. The Morgan fingerprint density at radius 3 is 3.00 bits per heavy atom. The predicted octanol–water partition coefficient (Wildman–Crippen LogP) is 1.78. The molecule has 1 aromatic heterocycles. The van der Waals surface area contributed by atoms with Gasteiger partial charge in [-0.15, -0.1) is 0 Å². The Kier molecular flexibility index (Phi) is 4.20. The van der Waals surface area contributed by atoms with Crippen molar-refractivity contribution >= 4 is 0 Å². The molecule has 1 aliphatic heterocycles. The molecule has 3 unspecified atom stereocenters. The van der Waals surface area contributed by atoms with Crippen LogP contribution < -0.4 is 5.73 Å². The first-order chi connectivity index (χ1) is 8.26. The van der Waals surface area contributed by atoms with E-state index in [1.165, 1.54) is 0 Å². The third-order valence-electron chi connectivity index (χ3n) is 3.48. The van der Waals surface area contributed by atoms with E-state index in [4.69, 9.17) is 14.9 Å². The maximum atomic E-state index is 5.91. The van der Waals surface area contributed by atoms with Gasteiger partial charge in [0.2, 0.25) is 0 Å². The zero-order valence-corrected chi connectivity index (χ0v) is 10.6. The lowest BCUT2D eigenvalue weighted by molar-refractivity contribution is -0.0746. The van der Waals surface area contributed by atoms with Crippen LogP contribution in [0.1, 0.15) is 32.1 Å². The van der Waals surface area contributed by atoms with E-state index in [0.717, 1.165) is 25.3 Å². The number of hydrogen-bond donors (Lipinski definition) is 1. The average molecular weight is 238 g/mol. The van der Waals surface area contributed by atoms with Crippen molar-refractivity contribution in [3.05, 3.63) is 24.2 Å². The lowest BCUT2D eigenvalue weighted by atomic mass is 10.1. The Morgan fingerprint density at radius 1 is 1.59 bits per heavy atom. The lowest BCUT2D eigenvalue weighted by Crippen LogP contribution is -2.51. The van der Waals surface area contributed by atoms with Gasteiger partial charge < -0.3 is 14.9 Å². The van der Waals surface area contributed by atoms with Crippen molar-refractivity contribution in [1.82, 2.24) is 4.90 Å². The summed E-state index contributed by atoms with van der Waals surface area (Å²) in [5.41, 5.74) is 5.91. The first-order valence-electron chi connectivity index (χ1n) is 6.37. The summed E-state index contributed by atoms with van der Waals surface area (Å²) in [6.45, 7) is 6.58. The molecule has 1 fully saturated rings. The molecule has 1 aromatic rings. The molecule has 0 aromatic carbocycles. The standard InChI is InChI=1S/C13H22N2O2/c1-3-11-9-17-10(2)8-15(11)12(7-14)13-5-4-6-16-13/h4-6,10-12H,3,7-9,14H2,1-2H3. The summed E-state index contributed by atoms with van der Waals surface area (Å²) < 4.78 is 11.2. The molecule has 96 valence electrons. The van der Waals surface area contributed by atoms with Crippen molar-refractivity contribution in [1.29, 1.82) is 0 Å². The van der Waals surface area contributed by atoms with Crippen LogP contribution in [0.2, 0.25) is 0 Å². The molecule has 2 rings (SSSR count). The highest BCUT2D eigenvalue weighted by molar-refractivity contribution is 5.06. The number of hydrogen-bond acceptors (Lipinski definition) is 4. The van der Waals surface area contributed by atoms with Crippen LogP contribution in [-0.2, 0) is 4.74 Å². The third kappa shape index (κ3) is 2.70. The summed E-state index contributed by atoms with van der Waals surface area (Å²) in [5.74, 6) is 0.958. The number of ether oxygens (including phenoxy) is 1. The quantitative estimate of drug-likeness (QED) is 0.868. The van der Waals surface area contributed by atoms with E-state index in [-0.39, 0.29) is 12.1 Å². The second-order valence-electron chi connectivity index (χ2n) is 4.67. The van der Waals surface area contributed by atoms with Crippen molar-refractivity contribution < 1.29 is 9.15 Å². The minimum absolute atomic E-state index is 0.168. The Balaban J connectivity index is 2.16. The Hall–Kier alpha value is -0.840. The van der Waals surface area contributed by atoms with Crippen molar-refractivity contribution in [2.24, 2.45) is 5.73 Å². The van der Waals surface area contributed by atoms with Crippen molar-refractivity contribution in [3.63, 3.8) is 0 Å². The molecule has 0 saturated carbocycles. The number of nitrogens with two attached hydrogens (primary N) is 1. The Morgan fingerprint density at radius 2 is 2.41 bits per heavy atom. The van der Waals surface area contributed by atoms with Gasteiger partial charge in [-0.2, -0.15) is 0 Å². The van der Waals surface area contributed by atoms with Gasteiger partial charge in [0.05, 0.1) is 25.0 Å². The minimum atomic E-state index is 0.168. The van der Waals surface area contributed by atoms with Crippen LogP contribution in [0, 0.1) is 0 Å². The molecule has 0 spiro atoms. The van der Waals surface area contributed by atoms with Gasteiger partial charge in [0.15, 0.2) is 0 Å². The van der Waals surface area contributed by atoms with E-state index in [2.05, 4.69) is 18.7 Å². The normalized spacial score (nSPS) is 28.2. The van der Waals surface area contributed by atoms with E-state index in [9.17, 15) is 0 Å². The average Bonchev–Trinajstić information content (AvgIpc) is 2.84. The van der Waals surface area contributed by atoms with Gasteiger partial charge in [0, 0.05) is 19.1 Å². The number of nitrogens with zero attached hydrogens (tertiary/aromatic N) is 1. The summed E-state index contributed by atoms with van der Waals surface area (Å²) in [4.78, 5) is 2.42. The van der Waals surface area contributed by atoms with Gasteiger partial charge in [0.1, 0.15) is 5.76 Å². The van der Waals surface area contributed by atoms with Gasteiger partial charge in [-0.1, -0.05) is 6.92 Å². The largest absolute Gasteiger partial charge is 0.468 e. The summed E-state index contributed by atoms with van der Waals surface area (Å²) in [7, 11) is 0. The maximum Gasteiger partial charge on any atom is 0.122 e. The van der Waals surface area contributed by atoms with Gasteiger partial charge in [-0.05, 0) is 25.5 Å². The summed E-state index contributed by atoms with van der Waals surface area (Å²) in [6.07, 6.45) is 3.05. The van der Waals surface area contributed by atoms with E-state index in [1.807, 2.05) is 12.1 Å². The second-order valence-corrected chi connectivity index (χ2v) is 4.67. The Labute approximate surface area is 103 Å². The molecule has 1 aliphatic rings. The molecule has 0 aliphatic carbocycles. The fraction of sp³-hybridized carbons (Fsp3) is 0.692. The zero-order valence-electron chi connectivity index (χ0n) is 10.6. The molecule has 0 bridgehead atoms. The van der Waals surface area contributed by atoms with Crippen molar-refractivity contribution in [2.75, 3.05) is 19.7 Å².